The highest BCUT2D eigenvalue weighted by Crippen LogP contribution is 2.34. The van der Waals surface area contributed by atoms with Gasteiger partial charge in [-0.15, -0.1) is 0 Å². The zero-order valence-corrected chi connectivity index (χ0v) is 14.6. The lowest BCUT2D eigenvalue weighted by Crippen LogP contribution is -2.34. The number of carbonyl (C=O) groups excluding carboxylic acids is 1. The van der Waals surface area contributed by atoms with Crippen LogP contribution >= 0.6 is 0 Å². The van der Waals surface area contributed by atoms with Crippen LogP contribution in [0, 0.1) is 0 Å². The molecule has 0 unspecified atom stereocenters. The highest BCUT2D eigenvalue weighted by Gasteiger charge is 2.31. The fourth-order valence-electron chi connectivity index (χ4n) is 3.04. The Bertz CT molecular complexity index is 779. The van der Waals surface area contributed by atoms with Crippen LogP contribution in [0.2, 0.25) is 0 Å². The van der Waals surface area contributed by atoms with E-state index in [2.05, 4.69) is 25.9 Å². The number of rotatable bonds is 5. The highest BCUT2D eigenvalue weighted by atomic mass is 16.5. The fraction of sp³-hybridized carbons (Fsp3) is 0.412. The van der Waals surface area contributed by atoms with Crippen molar-refractivity contribution in [3.63, 3.8) is 0 Å². The molecule has 0 fully saturated rings. The zero-order chi connectivity index (χ0) is 18.0. The van der Waals surface area contributed by atoms with E-state index in [0.717, 1.165) is 12.1 Å². The van der Waals surface area contributed by atoms with Crippen LogP contribution in [0.3, 0.4) is 0 Å². The Morgan fingerprint density at radius 1 is 1.32 bits per heavy atom. The maximum atomic E-state index is 11.8. The van der Waals surface area contributed by atoms with E-state index >= 15 is 0 Å². The van der Waals surface area contributed by atoms with Gasteiger partial charge in [0.2, 0.25) is 11.9 Å². The summed E-state index contributed by atoms with van der Waals surface area (Å²) in [5, 5.41) is 0. The third-order valence-corrected chi connectivity index (χ3v) is 4.23. The van der Waals surface area contributed by atoms with Crippen molar-refractivity contribution in [1.82, 2.24) is 15.0 Å². The van der Waals surface area contributed by atoms with Gasteiger partial charge in [0, 0.05) is 25.8 Å². The minimum absolute atomic E-state index is 0.00523. The number of carbonyl (C=O) groups is 1. The molecule has 1 aliphatic rings. The summed E-state index contributed by atoms with van der Waals surface area (Å²) in [5.74, 6) is 1.04. The number of nitrogen functional groups attached to an aromatic ring is 1. The number of anilines is 3. The lowest BCUT2D eigenvalue weighted by atomic mass is 10.1. The number of aromatic nitrogens is 3. The summed E-state index contributed by atoms with van der Waals surface area (Å²) in [5.41, 5.74) is 8.11. The van der Waals surface area contributed by atoms with Crippen molar-refractivity contribution >= 4 is 23.6 Å². The number of esters is 1. The Hall–Kier alpha value is -2.90. The average Bonchev–Trinajstić information content (AvgIpc) is 2.91. The van der Waals surface area contributed by atoms with Crippen molar-refractivity contribution in [2.75, 3.05) is 36.7 Å². The molecule has 0 radical (unpaired) electrons. The molecule has 0 saturated heterocycles. The van der Waals surface area contributed by atoms with Gasteiger partial charge in [0.25, 0.3) is 0 Å². The van der Waals surface area contributed by atoms with E-state index in [-0.39, 0.29) is 18.0 Å². The van der Waals surface area contributed by atoms with Crippen LogP contribution in [0.1, 0.15) is 17.8 Å². The third kappa shape index (κ3) is 3.62. The van der Waals surface area contributed by atoms with E-state index in [0.29, 0.717) is 24.7 Å². The molecular formula is C17H22N6O2. The molecule has 132 valence electrons. The minimum atomic E-state index is -0.230. The first-order valence-corrected chi connectivity index (χ1v) is 8.07. The molecule has 25 heavy (non-hydrogen) atoms. The van der Waals surface area contributed by atoms with Crippen molar-refractivity contribution in [3.05, 3.63) is 35.7 Å². The predicted octanol–water partition coefficient (Wildman–Crippen LogP) is 1.01. The molecule has 2 aromatic rings. The maximum absolute atomic E-state index is 11.8. The van der Waals surface area contributed by atoms with Crippen LogP contribution in [-0.4, -0.2) is 48.2 Å². The number of nitrogens with zero attached hydrogens (tertiary/aromatic N) is 5. The van der Waals surface area contributed by atoms with Crippen LogP contribution in [0.5, 0.6) is 0 Å². The molecule has 0 bridgehead atoms. The van der Waals surface area contributed by atoms with Crippen LogP contribution in [-0.2, 0) is 22.5 Å². The van der Waals surface area contributed by atoms with Crippen molar-refractivity contribution < 1.29 is 9.53 Å². The Labute approximate surface area is 146 Å². The number of hydrogen-bond acceptors (Lipinski definition) is 8. The minimum Gasteiger partial charge on any atom is -0.469 e. The Morgan fingerprint density at radius 3 is 2.80 bits per heavy atom. The average molecular weight is 342 g/mol. The van der Waals surface area contributed by atoms with Gasteiger partial charge in [-0.2, -0.15) is 15.0 Å². The molecule has 0 amide bonds. The molecule has 1 aromatic heterocycles. The first kappa shape index (κ1) is 16.9. The first-order chi connectivity index (χ1) is 12.0. The van der Waals surface area contributed by atoms with Gasteiger partial charge in [-0.3, -0.25) is 4.79 Å². The molecule has 0 saturated carbocycles. The number of methoxy groups -OCH3 is 1. The van der Waals surface area contributed by atoms with E-state index in [1.807, 2.05) is 32.3 Å². The van der Waals surface area contributed by atoms with E-state index in [4.69, 9.17) is 10.5 Å². The quantitative estimate of drug-likeness (QED) is 0.804. The van der Waals surface area contributed by atoms with Crippen LogP contribution < -0.4 is 15.5 Å². The lowest BCUT2D eigenvalue weighted by Gasteiger charge is -2.26. The summed E-state index contributed by atoms with van der Waals surface area (Å²) in [4.78, 5) is 28.6. The summed E-state index contributed by atoms with van der Waals surface area (Å²) in [7, 11) is 5.11. The van der Waals surface area contributed by atoms with Gasteiger partial charge in [-0.05, 0) is 18.1 Å². The van der Waals surface area contributed by atoms with Crippen LogP contribution in [0.25, 0.3) is 0 Å². The van der Waals surface area contributed by atoms with Gasteiger partial charge in [-0.1, -0.05) is 18.2 Å². The molecule has 1 aromatic carbocycles. The van der Waals surface area contributed by atoms with Crippen molar-refractivity contribution in [2.45, 2.75) is 25.4 Å². The summed E-state index contributed by atoms with van der Waals surface area (Å²) in [6.07, 6.45) is 1.10. The third-order valence-electron chi connectivity index (χ3n) is 4.23. The Balaban J connectivity index is 1.91. The predicted molar refractivity (Wildman–Crippen MR) is 95.3 cm³/mol. The van der Waals surface area contributed by atoms with Crippen LogP contribution in [0.4, 0.5) is 17.6 Å². The summed E-state index contributed by atoms with van der Waals surface area (Å²) in [6, 6.07) is 8.11. The van der Waals surface area contributed by atoms with Gasteiger partial charge in [-0.25, -0.2) is 0 Å². The number of nitrogens with two attached hydrogens (primary N) is 1. The second-order valence-electron chi connectivity index (χ2n) is 6.20. The largest absolute Gasteiger partial charge is 0.469 e. The summed E-state index contributed by atoms with van der Waals surface area (Å²) < 4.78 is 4.85. The normalized spacial score (nSPS) is 15.8. The van der Waals surface area contributed by atoms with E-state index < -0.39 is 0 Å². The van der Waals surface area contributed by atoms with Gasteiger partial charge in [0.15, 0.2) is 5.82 Å². The summed E-state index contributed by atoms with van der Waals surface area (Å²) >= 11 is 0. The molecule has 3 rings (SSSR count). The van der Waals surface area contributed by atoms with Gasteiger partial charge in [0.05, 0.1) is 20.1 Å². The van der Waals surface area contributed by atoms with E-state index in [1.54, 1.807) is 4.90 Å². The van der Waals surface area contributed by atoms with E-state index in [1.165, 1.54) is 12.7 Å². The second kappa shape index (κ2) is 6.92. The number of hydrogen-bond donors (Lipinski definition) is 1. The lowest BCUT2D eigenvalue weighted by molar-refractivity contribution is -0.141. The monoisotopic (exact) mass is 342 g/mol. The topological polar surface area (TPSA) is 97.5 Å². The van der Waals surface area contributed by atoms with Crippen molar-refractivity contribution in [2.24, 2.45) is 0 Å². The first-order valence-electron chi connectivity index (χ1n) is 8.07. The highest BCUT2D eigenvalue weighted by molar-refractivity contribution is 5.72. The van der Waals surface area contributed by atoms with E-state index in [9.17, 15) is 4.79 Å². The number of ether oxygens (including phenoxy) is 1. The Morgan fingerprint density at radius 2 is 2.08 bits per heavy atom. The van der Waals surface area contributed by atoms with Gasteiger partial charge < -0.3 is 20.3 Å². The number of fused-ring (bicyclic) bond motifs is 1. The molecular weight excluding hydrogens is 320 g/mol. The summed E-state index contributed by atoms with van der Waals surface area (Å²) in [6.45, 7) is 0.451. The van der Waals surface area contributed by atoms with Crippen molar-refractivity contribution in [1.29, 1.82) is 0 Å². The molecule has 0 aliphatic carbocycles. The zero-order valence-electron chi connectivity index (χ0n) is 14.6. The van der Waals surface area contributed by atoms with Gasteiger partial charge >= 0.3 is 5.97 Å². The second-order valence-corrected chi connectivity index (χ2v) is 6.20. The molecule has 8 heteroatoms. The smallest absolute Gasteiger partial charge is 0.307 e. The number of benzene rings is 1. The molecule has 1 atom stereocenters. The maximum Gasteiger partial charge on any atom is 0.307 e. The van der Waals surface area contributed by atoms with Gasteiger partial charge in [0.1, 0.15) is 0 Å². The molecule has 2 heterocycles. The Kier molecular flexibility index (Phi) is 4.69. The molecule has 8 nitrogen and oxygen atoms in total. The molecule has 0 spiro atoms. The number of para-hydroxylation sites is 1. The SMILES string of the molecule is COC(=O)C[C@H]1Cc2ccccc2N1Cc1nc(N)nc(N(C)C)n1. The standard InChI is InChI=1S/C17H22N6O2/c1-22(2)17-20-14(19-16(18)21-17)10-23-12(9-15(24)25-3)8-11-6-4-5-7-13(11)23/h4-7,12H,8-10H2,1-3H3,(H2,18,19,20,21)/t12-/m1/s1. The molecule has 1 aliphatic heterocycles. The molecule has 2 N–H and O–H groups in total. The fourth-order valence-corrected chi connectivity index (χ4v) is 3.04. The van der Waals surface area contributed by atoms with Crippen molar-refractivity contribution in [3.8, 4) is 0 Å². The van der Waals surface area contributed by atoms with Crippen LogP contribution in [0.15, 0.2) is 24.3 Å².